The number of hydrogen-bond donors (Lipinski definition) is 2. The highest BCUT2D eigenvalue weighted by molar-refractivity contribution is 6.04. The molecule has 1 heterocycles. The van der Waals surface area contributed by atoms with Crippen molar-refractivity contribution in [2.75, 3.05) is 23.3 Å². The van der Waals surface area contributed by atoms with Crippen LogP contribution in [0.1, 0.15) is 43.5 Å². The molecule has 2 aromatic carbocycles. The molecule has 0 bridgehead atoms. The summed E-state index contributed by atoms with van der Waals surface area (Å²) < 4.78 is 13.7. The lowest BCUT2D eigenvalue weighted by atomic mass is 10.0. The molecule has 1 amide bonds. The van der Waals surface area contributed by atoms with Crippen molar-refractivity contribution in [3.8, 4) is 0 Å². The lowest BCUT2D eigenvalue weighted by molar-refractivity contribution is 0.102. The Bertz CT molecular complexity index is 754. The number of benzene rings is 2. The quantitative estimate of drug-likeness (QED) is 0.791. The molecule has 3 rings (SSSR count). The van der Waals surface area contributed by atoms with Crippen molar-refractivity contribution in [2.24, 2.45) is 0 Å². The fourth-order valence-corrected chi connectivity index (χ4v) is 3.42. The van der Waals surface area contributed by atoms with Crippen molar-refractivity contribution in [2.45, 2.75) is 45.2 Å². The van der Waals surface area contributed by atoms with Gasteiger partial charge in [0, 0.05) is 36.5 Å². The van der Waals surface area contributed by atoms with E-state index in [1.54, 1.807) is 12.1 Å². The van der Waals surface area contributed by atoms with Crippen molar-refractivity contribution in [3.05, 3.63) is 59.9 Å². The zero-order valence-electron chi connectivity index (χ0n) is 16.0. The maximum atomic E-state index is 13.7. The van der Waals surface area contributed by atoms with Crippen LogP contribution in [0.4, 0.5) is 15.8 Å². The summed E-state index contributed by atoms with van der Waals surface area (Å²) in [4.78, 5) is 14.6. The Morgan fingerprint density at radius 1 is 1.15 bits per heavy atom. The Morgan fingerprint density at radius 3 is 2.44 bits per heavy atom. The summed E-state index contributed by atoms with van der Waals surface area (Å²) in [5, 5.41) is 6.44. The average Bonchev–Trinajstić information content (AvgIpc) is 2.69. The summed E-state index contributed by atoms with van der Waals surface area (Å²) >= 11 is 0. The fourth-order valence-electron chi connectivity index (χ4n) is 3.42. The SMILES string of the molecule is CC[C@H](C)NC1CCN(c2ccc(NC(=O)c3ccccc3F)cc2)CC1. The number of anilines is 2. The minimum Gasteiger partial charge on any atom is -0.371 e. The molecule has 2 aromatic rings. The van der Waals surface area contributed by atoms with Gasteiger partial charge in [0.2, 0.25) is 0 Å². The molecule has 27 heavy (non-hydrogen) atoms. The molecule has 1 saturated heterocycles. The Balaban J connectivity index is 1.55. The van der Waals surface area contributed by atoms with Gasteiger partial charge in [0.15, 0.2) is 0 Å². The van der Waals surface area contributed by atoms with E-state index < -0.39 is 11.7 Å². The van der Waals surface area contributed by atoms with Crippen LogP contribution < -0.4 is 15.5 Å². The van der Waals surface area contributed by atoms with Crippen LogP contribution in [0.5, 0.6) is 0 Å². The molecular formula is C22H28FN3O. The van der Waals surface area contributed by atoms with E-state index in [1.807, 2.05) is 24.3 Å². The summed E-state index contributed by atoms with van der Waals surface area (Å²) in [5.41, 5.74) is 1.87. The molecule has 0 saturated carbocycles. The third-order valence-electron chi connectivity index (χ3n) is 5.24. The number of carbonyl (C=O) groups excluding carboxylic acids is 1. The van der Waals surface area contributed by atoms with E-state index in [0.717, 1.165) is 38.0 Å². The molecule has 2 N–H and O–H groups in total. The molecule has 0 aromatic heterocycles. The molecule has 1 aliphatic heterocycles. The molecule has 0 radical (unpaired) electrons. The Morgan fingerprint density at radius 2 is 1.81 bits per heavy atom. The molecule has 1 aliphatic rings. The molecule has 1 atom stereocenters. The van der Waals surface area contributed by atoms with Gasteiger partial charge in [0.25, 0.3) is 5.91 Å². The smallest absolute Gasteiger partial charge is 0.258 e. The van der Waals surface area contributed by atoms with Crippen molar-refractivity contribution < 1.29 is 9.18 Å². The zero-order valence-corrected chi connectivity index (χ0v) is 16.0. The van der Waals surface area contributed by atoms with Gasteiger partial charge in [-0.1, -0.05) is 19.1 Å². The summed E-state index contributed by atoms with van der Waals surface area (Å²) in [6.07, 6.45) is 3.42. The summed E-state index contributed by atoms with van der Waals surface area (Å²) in [6, 6.07) is 14.9. The standard InChI is InChI=1S/C22H28FN3O/c1-3-16(2)24-18-12-14-26(15-13-18)19-10-8-17(9-11-19)25-22(27)20-6-4-5-7-21(20)23/h4-11,16,18,24H,3,12-15H2,1-2H3,(H,25,27)/t16-/m0/s1. The first kappa shape index (κ1) is 19.4. The number of nitrogens with zero attached hydrogens (tertiary/aromatic N) is 1. The monoisotopic (exact) mass is 369 g/mol. The highest BCUT2D eigenvalue weighted by Crippen LogP contribution is 2.23. The van der Waals surface area contributed by atoms with Crippen molar-refractivity contribution in [1.82, 2.24) is 5.32 Å². The Hall–Kier alpha value is -2.40. The predicted octanol–water partition coefficient (Wildman–Crippen LogP) is 4.43. The number of rotatable bonds is 6. The fraction of sp³-hybridized carbons (Fsp3) is 0.409. The van der Waals surface area contributed by atoms with Gasteiger partial charge in [-0.05, 0) is 62.6 Å². The number of piperidine rings is 1. The first-order valence-electron chi connectivity index (χ1n) is 9.73. The minimum absolute atomic E-state index is 0.0532. The average molecular weight is 369 g/mol. The number of nitrogens with one attached hydrogen (secondary N) is 2. The maximum Gasteiger partial charge on any atom is 0.258 e. The van der Waals surface area contributed by atoms with E-state index in [-0.39, 0.29) is 5.56 Å². The van der Waals surface area contributed by atoms with Crippen LogP contribution in [0.25, 0.3) is 0 Å². The normalized spacial score (nSPS) is 16.2. The van der Waals surface area contributed by atoms with Gasteiger partial charge in [-0.15, -0.1) is 0 Å². The Labute approximate surface area is 160 Å². The van der Waals surface area contributed by atoms with Gasteiger partial charge in [-0.2, -0.15) is 0 Å². The number of carbonyl (C=O) groups is 1. The van der Waals surface area contributed by atoms with E-state index in [2.05, 4.69) is 29.4 Å². The van der Waals surface area contributed by atoms with Crippen LogP contribution in [0, 0.1) is 5.82 Å². The van der Waals surface area contributed by atoms with Gasteiger partial charge < -0.3 is 15.5 Å². The van der Waals surface area contributed by atoms with Gasteiger partial charge >= 0.3 is 0 Å². The highest BCUT2D eigenvalue weighted by Gasteiger charge is 2.20. The van der Waals surface area contributed by atoms with Gasteiger partial charge in [-0.3, -0.25) is 4.79 Å². The predicted molar refractivity (Wildman–Crippen MR) is 109 cm³/mol. The van der Waals surface area contributed by atoms with Crippen LogP contribution in [-0.4, -0.2) is 31.1 Å². The first-order valence-corrected chi connectivity index (χ1v) is 9.73. The molecule has 5 heteroatoms. The van der Waals surface area contributed by atoms with E-state index in [4.69, 9.17) is 0 Å². The van der Waals surface area contributed by atoms with E-state index in [0.29, 0.717) is 17.8 Å². The number of hydrogen-bond acceptors (Lipinski definition) is 3. The van der Waals surface area contributed by atoms with Crippen molar-refractivity contribution in [1.29, 1.82) is 0 Å². The van der Waals surface area contributed by atoms with E-state index in [9.17, 15) is 9.18 Å². The van der Waals surface area contributed by atoms with Crippen molar-refractivity contribution in [3.63, 3.8) is 0 Å². The summed E-state index contributed by atoms with van der Waals surface area (Å²) in [6.45, 7) is 6.49. The molecule has 4 nitrogen and oxygen atoms in total. The molecular weight excluding hydrogens is 341 g/mol. The minimum atomic E-state index is -0.513. The van der Waals surface area contributed by atoms with Crippen LogP contribution in [0.15, 0.2) is 48.5 Å². The lowest BCUT2D eigenvalue weighted by Gasteiger charge is -2.35. The van der Waals surface area contributed by atoms with Crippen LogP contribution in [-0.2, 0) is 0 Å². The third-order valence-corrected chi connectivity index (χ3v) is 5.24. The molecule has 0 spiro atoms. The largest absolute Gasteiger partial charge is 0.371 e. The maximum absolute atomic E-state index is 13.7. The van der Waals surface area contributed by atoms with Crippen LogP contribution >= 0.6 is 0 Å². The van der Waals surface area contributed by atoms with Crippen molar-refractivity contribution >= 4 is 17.3 Å². The second-order valence-electron chi connectivity index (χ2n) is 7.22. The van der Waals surface area contributed by atoms with Gasteiger partial charge in [0.1, 0.15) is 5.82 Å². The van der Waals surface area contributed by atoms with Gasteiger partial charge in [0.05, 0.1) is 5.56 Å². The second kappa shape index (κ2) is 9.00. The van der Waals surface area contributed by atoms with E-state index in [1.165, 1.54) is 12.1 Å². The molecule has 0 unspecified atom stereocenters. The zero-order chi connectivity index (χ0) is 19.2. The highest BCUT2D eigenvalue weighted by atomic mass is 19.1. The lowest BCUT2D eigenvalue weighted by Crippen LogP contribution is -2.45. The van der Waals surface area contributed by atoms with Crippen LogP contribution in [0.3, 0.4) is 0 Å². The summed E-state index contributed by atoms with van der Waals surface area (Å²) in [5.74, 6) is -0.946. The molecule has 1 fully saturated rings. The summed E-state index contributed by atoms with van der Waals surface area (Å²) in [7, 11) is 0. The first-order chi connectivity index (χ1) is 13.1. The number of halogens is 1. The topological polar surface area (TPSA) is 44.4 Å². The van der Waals surface area contributed by atoms with Gasteiger partial charge in [-0.25, -0.2) is 4.39 Å². The number of amides is 1. The third kappa shape index (κ3) is 5.07. The molecule has 0 aliphatic carbocycles. The molecule has 144 valence electrons. The van der Waals surface area contributed by atoms with Crippen LogP contribution in [0.2, 0.25) is 0 Å². The second-order valence-corrected chi connectivity index (χ2v) is 7.22. The Kier molecular flexibility index (Phi) is 6.45. The van der Waals surface area contributed by atoms with E-state index >= 15 is 0 Å².